The minimum absolute atomic E-state index is 0.0690. The smallest absolute Gasteiger partial charge is 0.251 e. The summed E-state index contributed by atoms with van der Waals surface area (Å²) in [6.45, 7) is 2.81. The molecule has 0 aromatic carbocycles. The molecule has 0 fully saturated rings. The first-order chi connectivity index (χ1) is 7.17. The molecule has 0 saturated carbocycles. The van der Waals surface area contributed by atoms with E-state index in [1.165, 1.54) is 6.07 Å². The second-order valence-electron chi connectivity index (χ2n) is 3.41. The average Bonchev–Trinajstić information content (AvgIpc) is 2.17. The normalized spacial score (nSPS) is 12.7. The van der Waals surface area contributed by atoms with Gasteiger partial charge in [0.15, 0.2) is 0 Å². The van der Waals surface area contributed by atoms with Gasteiger partial charge in [-0.05, 0) is 0 Å². The lowest BCUT2D eigenvalue weighted by atomic mass is 10.2. The number of methoxy groups -OCH3 is 2. The molecule has 1 aromatic rings. The highest BCUT2D eigenvalue weighted by molar-refractivity contribution is 5.04. The molecule has 0 aliphatic heterocycles. The number of H-pyrrole nitrogens is 1. The molecule has 0 aliphatic carbocycles. The molecule has 15 heavy (non-hydrogen) atoms. The maximum Gasteiger partial charge on any atom is 0.251 e. The van der Waals surface area contributed by atoms with Crippen LogP contribution in [0.3, 0.4) is 0 Å². The van der Waals surface area contributed by atoms with Crippen LogP contribution in [0.4, 0.5) is 0 Å². The molecule has 1 rings (SSSR count). The zero-order valence-electron chi connectivity index (χ0n) is 9.24. The Morgan fingerprint density at radius 1 is 1.47 bits per heavy atom. The van der Waals surface area contributed by atoms with E-state index < -0.39 is 0 Å². The number of ether oxygens (including phenoxy) is 2. The highest BCUT2D eigenvalue weighted by Crippen LogP contribution is 2.09. The predicted molar refractivity (Wildman–Crippen MR) is 55.9 cm³/mol. The zero-order chi connectivity index (χ0) is 11.3. The fraction of sp³-hybridized carbons (Fsp3) is 0.600. The van der Waals surface area contributed by atoms with Crippen molar-refractivity contribution in [2.24, 2.45) is 0 Å². The Balaban J connectivity index is 2.92. The molecule has 1 heterocycles. The number of hydrogen-bond acceptors (Lipinski definition) is 4. The van der Waals surface area contributed by atoms with Crippen LogP contribution in [0.15, 0.2) is 10.9 Å². The summed E-state index contributed by atoms with van der Waals surface area (Å²) < 4.78 is 9.94. The van der Waals surface area contributed by atoms with Crippen LogP contribution in [-0.4, -0.2) is 30.8 Å². The molecule has 1 N–H and O–H groups in total. The third kappa shape index (κ3) is 3.45. The summed E-state index contributed by atoms with van der Waals surface area (Å²) in [5.74, 6) is 0.705. The van der Waals surface area contributed by atoms with Crippen LogP contribution in [0.1, 0.15) is 24.4 Å². The van der Waals surface area contributed by atoms with Crippen LogP contribution in [0.2, 0.25) is 0 Å². The molecule has 0 radical (unpaired) electrons. The van der Waals surface area contributed by atoms with Gasteiger partial charge in [0.05, 0.1) is 18.9 Å². The quantitative estimate of drug-likeness (QED) is 0.779. The summed E-state index contributed by atoms with van der Waals surface area (Å²) >= 11 is 0. The van der Waals surface area contributed by atoms with E-state index in [-0.39, 0.29) is 11.5 Å². The van der Waals surface area contributed by atoms with E-state index in [1.807, 2.05) is 6.92 Å². The fourth-order valence-corrected chi connectivity index (χ4v) is 1.31. The molecule has 84 valence electrons. The fourth-order valence-electron chi connectivity index (χ4n) is 1.31. The van der Waals surface area contributed by atoms with Gasteiger partial charge >= 0.3 is 0 Å². The van der Waals surface area contributed by atoms with Crippen molar-refractivity contribution in [3.8, 4) is 0 Å². The zero-order valence-corrected chi connectivity index (χ0v) is 9.24. The maximum atomic E-state index is 11.3. The number of nitrogens with one attached hydrogen (secondary N) is 1. The Bertz CT molecular complexity index is 362. The molecule has 0 aliphatic rings. The Hall–Kier alpha value is -1.20. The van der Waals surface area contributed by atoms with E-state index >= 15 is 0 Å². The lowest BCUT2D eigenvalue weighted by Gasteiger charge is -2.10. The van der Waals surface area contributed by atoms with Gasteiger partial charge in [-0.15, -0.1) is 0 Å². The number of nitrogens with zero attached hydrogens (tertiary/aromatic N) is 1. The third-order valence-electron chi connectivity index (χ3n) is 1.99. The standard InChI is InChI=1S/C10H16N2O3/c1-7(5-14-2)10-11-8(6-15-3)4-9(13)12-10/h4,7H,5-6H2,1-3H3,(H,11,12,13). The first-order valence-corrected chi connectivity index (χ1v) is 4.75. The van der Waals surface area contributed by atoms with Gasteiger partial charge in [0.1, 0.15) is 5.82 Å². The molecule has 1 aromatic heterocycles. The van der Waals surface area contributed by atoms with E-state index in [4.69, 9.17) is 9.47 Å². The van der Waals surface area contributed by atoms with Gasteiger partial charge in [0.2, 0.25) is 0 Å². The van der Waals surface area contributed by atoms with Gasteiger partial charge in [0.25, 0.3) is 5.56 Å². The summed E-state index contributed by atoms with van der Waals surface area (Å²) in [4.78, 5) is 18.3. The first kappa shape index (κ1) is 11.9. The number of rotatable bonds is 5. The Labute approximate surface area is 88.4 Å². The van der Waals surface area contributed by atoms with Crippen LogP contribution in [0, 0.1) is 0 Å². The summed E-state index contributed by atoms with van der Waals surface area (Å²) in [6, 6.07) is 1.44. The Morgan fingerprint density at radius 3 is 2.80 bits per heavy atom. The van der Waals surface area contributed by atoms with E-state index in [2.05, 4.69) is 9.97 Å². The van der Waals surface area contributed by atoms with Crippen molar-refractivity contribution in [1.82, 2.24) is 9.97 Å². The van der Waals surface area contributed by atoms with Crippen molar-refractivity contribution in [2.75, 3.05) is 20.8 Å². The molecule has 0 spiro atoms. The maximum absolute atomic E-state index is 11.3. The topological polar surface area (TPSA) is 64.2 Å². The lowest BCUT2D eigenvalue weighted by molar-refractivity contribution is 0.175. The second-order valence-corrected chi connectivity index (χ2v) is 3.41. The lowest BCUT2D eigenvalue weighted by Crippen LogP contribution is -2.17. The molecule has 0 bridgehead atoms. The molecule has 1 unspecified atom stereocenters. The van der Waals surface area contributed by atoms with E-state index in [9.17, 15) is 4.79 Å². The highest BCUT2D eigenvalue weighted by atomic mass is 16.5. The first-order valence-electron chi connectivity index (χ1n) is 4.75. The summed E-state index contributed by atoms with van der Waals surface area (Å²) in [5.41, 5.74) is 0.481. The highest BCUT2D eigenvalue weighted by Gasteiger charge is 2.09. The summed E-state index contributed by atoms with van der Waals surface area (Å²) in [5, 5.41) is 0. The van der Waals surface area contributed by atoms with Crippen molar-refractivity contribution >= 4 is 0 Å². The van der Waals surface area contributed by atoms with Crippen molar-refractivity contribution in [1.29, 1.82) is 0 Å². The largest absolute Gasteiger partial charge is 0.384 e. The monoisotopic (exact) mass is 212 g/mol. The third-order valence-corrected chi connectivity index (χ3v) is 1.99. The molecule has 0 saturated heterocycles. The van der Waals surface area contributed by atoms with Gasteiger partial charge in [-0.2, -0.15) is 0 Å². The van der Waals surface area contributed by atoms with Crippen LogP contribution >= 0.6 is 0 Å². The SMILES string of the molecule is COCc1cc(=O)[nH]c(C(C)COC)n1. The Kier molecular flexibility index (Phi) is 4.45. The molecular weight excluding hydrogens is 196 g/mol. The average molecular weight is 212 g/mol. The van der Waals surface area contributed by atoms with Gasteiger partial charge in [-0.3, -0.25) is 4.79 Å². The van der Waals surface area contributed by atoms with E-state index in [0.29, 0.717) is 24.7 Å². The van der Waals surface area contributed by atoms with Crippen molar-refractivity contribution in [3.63, 3.8) is 0 Å². The van der Waals surface area contributed by atoms with E-state index in [1.54, 1.807) is 14.2 Å². The van der Waals surface area contributed by atoms with Crippen LogP contribution in [0.5, 0.6) is 0 Å². The van der Waals surface area contributed by atoms with Crippen molar-refractivity contribution in [2.45, 2.75) is 19.4 Å². The number of aromatic nitrogens is 2. The Morgan fingerprint density at radius 2 is 2.20 bits per heavy atom. The molecule has 1 atom stereocenters. The molecule has 5 nitrogen and oxygen atoms in total. The van der Waals surface area contributed by atoms with Gasteiger partial charge in [0, 0.05) is 26.2 Å². The minimum atomic E-state index is -0.157. The molecule has 5 heteroatoms. The number of aromatic amines is 1. The molecule has 0 amide bonds. The minimum Gasteiger partial charge on any atom is -0.384 e. The van der Waals surface area contributed by atoms with Gasteiger partial charge in [-0.25, -0.2) is 4.98 Å². The van der Waals surface area contributed by atoms with Crippen LogP contribution in [0.25, 0.3) is 0 Å². The van der Waals surface area contributed by atoms with E-state index in [0.717, 1.165) is 0 Å². The van der Waals surface area contributed by atoms with Crippen LogP contribution < -0.4 is 5.56 Å². The summed E-state index contributed by atoms with van der Waals surface area (Å²) in [7, 11) is 3.19. The predicted octanol–water partition coefficient (Wildman–Crippen LogP) is 0.666. The van der Waals surface area contributed by atoms with Crippen molar-refractivity contribution < 1.29 is 9.47 Å². The van der Waals surface area contributed by atoms with Gasteiger partial charge in [-0.1, -0.05) is 6.92 Å². The summed E-state index contributed by atoms with van der Waals surface area (Å²) in [6.07, 6.45) is 0. The van der Waals surface area contributed by atoms with Crippen LogP contribution in [-0.2, 0) is 16.1 Å². The second kappa shape index (κ2) is 5.63. The number of hydrogen-bond donors (Lipinski definition) is 1. The molecular formula is C10H16N2O3. The van der Waals surface area contributed by atoms with Gasteiger partial charge < -0.3 is 14.5 Å². The van der Waals surface area contributed by atoms with Crippen molar-refractivity contribution in [3.05, 3.63) is 27.9 Å².